The standard InChI is InChI=1S/C22H36N6O5/c1-22(2,3)18(20(31)27-13-15(29)10-17(27)19(30)23-4)28-12-14(24-25-28)11-26-9-7-6-8-16(26)21(32)33-5/h12,15-18,29H,6-11,13H2,1-5H3,(H,23,30). The molecule has 2 amide bonds. The van der Waals surface area contributed by atoms with Crippen LogP contribution in [0.15, 0.2) is 6.20 Å². The molecule has 184 valence electrons. The van der Waals surface area contributed by atoms with Crippen molar-refractivity contribution in [1.29, 1.82) is 0 Å². The molecule has 4 unspecified atom stereocenters. The molecule has 0 aliphatic carbocycles. The summed E-state index contributed by atoms with van der Waals surface area (Å²) in [6.45, 7) is 7.06. The molecule has 0 spiro atoms. The number of aliphatic hydroxyl groups is 1. The fourth-order valence-electron chi connectivity index (χ4n) is 4.81. The number of nitrogens with zero attached hydrogens (tertiary/aromatic N) is 5. The van der Waals surface area contributed by atoms with Crippen LogP contribution in [0.5, 0.6) is 0 Å². The molecule has 2 aliphatic heterocycles. The Hall–Kier alpha value is -2.53. The number of methoxy groups -OCH3 is 1. The lowest BCUT2D eigenvalue weighted by Gasteiger charge is -2.34. The fraction of sp³-hybridized carbons (Fsp3) is 0.773. The van der Waals surface area contributed by atoms with Gasteiger partial charge in [0.05, 0.1) is 25.1 Å². The summed E-state index contributed by atoms with van der Waals surface area (Å²) in [6.07, 6.45) is 3.88. The first kappa shape index (κ1) is 25.1. The van der Waals surface area contributed by atoms with Crippen molar-refractivity contribution in [2.24, 2.45) is 5.41 Å². The molecule has 0 aromatic carbocycles. The van der Waals surface area contributed by atoms with Crippen molar-refractivity contribution in [3.05, 3.63) is 11.9 Å². The van der Waals surface area contributed by atoms with E-state index in [1.807, 2.05) is 25.7 Å². The fourth-order valence-corrected chi connectivity index (χ4v) is 4.81. The lowest BCUT2D eigenvalue weighted by atomic mass is 9.85. The van der Waals surface area contributed by atoms with E-state index in [9.17, 15) is 19.5 Å². The number of amides is 2. The highest BCUT2D eigenvalue weighted by Gasteiger charge is 2.45. The van der Waals surface area contributed by atoms with Gasteiger partial charge in [0.25, 0.3) is 0 Å². The monoisotopic (exact) mass is 464 g/mol. The highest BCUT2D eigenvalue weighted by Crippen LogP contribution is 2.34. The first-order chi connectivity index (χ1) is 15.6. The average molecular weight is 465 g/mol. The van der Waals surface area contributed by atoms with Crippen LogP contribution in [-0.2, 0) is 25.7 Å². The second-order valence-corrected chi connectivity index (χ2v) is 9.97. The number of carbonyl (C=O) groups is 3. The summed E-state index contributed by atoms with van der Waals surface area (Å²) in [5, 5.41) is 21.2. The number of aromatic nitrogens is 3. The molecule has 2 N–H and O–H groups in total. The minimum absolute atomic E-state index is 0.0969. The van der Waals surface area contributed by atoms with Crippen molar-refractivity contribution < 1.29 is 24.2 Å². The van der Waals surface area contributed by atoms with Gasteiger partial charge in [0, 0.05) is 26.6 Å². The number of rotatable bonds is 6. The zero-order valence-corrected chi connectivity index (χ0v) is 20.2. The highest BCUT2D eigenvalue weighted by atomic mass is 16.5. The molecule has 0 radical (unpaired) electrons. The normalized spacial score (nSPS) is 25.0. The maximum atomic E-state index is 13.6. The van der Waals surface area contributed by atoms with Gasteiger partial charge in [0.15, 0.2) is 0 Å². The van der Waals surface area contributed by atoms with Crippen molar-refractivity contribution >= 4 is 17.8 Å². The van der Waals surface area contributed by atoms with Gasteiger partial charge in [-0.2, -0.15) is 0 Å². The molecule has 3 heterocycles. The average Bonchev–Trinajstić information content (AvgIpc) is 3.38. The zero-order chi connectivity index (χ0) is 24.3. The van der Waals surface area contributed by atoms with Gasteiger partial charge in [0.2, 0.25) is 11.8 Å². The van der Waals surface area contributed by atoms with Gasteiger partial charge < -0.3 is 20.1 Å². The van der Waals surface area contributed by atoms with E-state index in [0.29, 0.717) is 12.2 Å². The van der Waals surface area contributed by atoms with Gasteiger partial charge in [-0.05, 0) is 24.8 Å². The minimum Gasteiger partial charge on any atom is -0.468 e. The lowest BCUT2D eigenvalue weighted by molar-refractivity contribution is -0.148. The van der Waals surface area contributed by atoms with Gasteiger partial charge in [-0.3, -0.25) is 19.3 Å². The van der Waals surface area contributed by atoms with E-state index in [-0.39, 0.29) is 36.8 Å². The lowest BCUT2D eigenvalue weighted by Crippen LogP contribution is -2.49. The quantitative estimate of drug-likeness (QED) is 0.567. The van der Waals surface area contributed by atoms with E-state index in [2.05, 4.69) is 15.6 Å². The Morgan fingerprint density at radius 1 is 1.27 bits per heavy atom. The Labute approximate surface area is 194 Å². The molecular formula is C22H36N6O5. The molecule has 33 heavy (non-hydrogen) atoms. The maximum Gasteiger partial charge on any atom is 0.323 e. The molecule has 1 aromatic heterocycles. The first-order valence-corrected chi connectivity index (χ1v) is 11.5. The number of likely N-dealkylation sites (N-methyl/N-ethyl adjacent to an activating group) is 1. The van der Waals surface area contributed by atoms with E-state index in [1.54, 1.807) is 10.9 Å². The van der Waals surface area contributed by atoms with Gasteiger partial charge in [0.1, 0.15) is 18.1 Å². The number of β-amino-alcohol motifs (C(OH)–C–C–N with tert-alkyl or cyclic N) is 1. The maximum absolute atomic E-state index is 13.6. The molecule has 11 nitrogen and oxygen atoms in total. The summed E-state index contributed by atoms with van der Waals surface area (Å²) >= 11 is 0. The largest absolute Gasteiger partial charge is 0.468 e. The minimum atomic E-state index is -0.752. The second-order valence-electron chi connectivity index (χ2n) is 9.97. The Balaban J connectivity index is 1.82. The summed E-state index contributed by atoms with van der Waals surface area (Å²) in [4.78, 5) is 41.6. The topological polar surface area (TPSA) is 130 Å². The van der Waals surface area contributed by atoms with Gasteiger partial charge >= 0.3 is 5.97 Å². The Kier molecular flexibility index (Phi) is 7.73. The molecule has 0 saturated carbocycles. The third kappa shape index (κ3) is 5.52. The molecule has 2 fully saturated rings. The molecular weight excluding hydrogens is 428 g/mol. The third-order valence-electron chi connectivity index (χ3n) is 6.44. The molecule has 0 bridgehead atoms. The van der Waals surface area contributed by atoms with E-state index in [4.69, 9.17) is 4.74 Å². The van der Waals surface area contributed by atoms with Crippen LogP contribution in [0.4, 0.5) is 0 Å². The number of piperidine rings is 1. The Morgan fingerprint density at radius 3 is 2.64 bits per heavy atom. The number of hydrogen-bond donors (Lipinski definition) is 2. The van der Waals surface area contributed by atoms with E-state index < -0.39 is 23.6 Å². The van der Waals surface area contributed by atoms with E-state index >= 15 is 0 Å². The van der Waals surface area contributed by atoms with Crippen LogP contribution in [0.2, 0.25) is 0 Å². The number of aliphatic hydroxyl groups excluding tert-OH is 1. The second kappa shape index (κ2) is 10.2. The van der Waals surface area contributed by atoms with E-state index in [1.165, 1.54) is 19.1 Å². The van der Waals surface area contributed by atoms with Crippen molar-refractivity contribution in [1.82, 2.24) is 30.1 Å². The van der Waals surface area contributed by atoms with Crippen molar-refractivity contribution in [2.75, 3.05) is 27.2 Å². The number of hydrogen-bond acceptors (Lipinski definition) is 8. The van der Waals surface area contributed by atoms with Crippen LogP contribution in [-0.4, -0.2) is 93.1 Å². The number of likely N-dealkylation sites (tertiary alicyclic amines) is 2. The molecule has 1 aromatic rings. The number of ether oxygens (including phenoxy) is 1. The first-order valence-electron chi connectivity index (χ1n) is 11.5. The number of esters is 1. The zero-order valence-electron chi connectivity index (χ0n) is 20.2. The SMILES string of the molecule is CNC(=O)C1CC(O)CN1C(=O)C(n1cc(CN2CCCCC2C(=O)OC)nn1)C(C)(C)C. The Morgan fingerprint density at radius 2 is 2.00 bits per heavy atom. The summed E-state index contributed by atoms with van der Waals surface area (Å²) in [7, 11) is 2.91. The van der Waals surface area contributed by atoms with Crippen molar-refractivity contribution in [3.8, 4) is 0 Å². The summed E-state index contributed by atoms with van der Waals surface area (Å²) in [5.41, 5.74) is 0.125. The van der Waals surface area contributed by atoms with Gasteiger partial charge in [-0.1, -0.05) is 32.4 Å². The molecule has 2 saturated heterocycles. The molecule has 3 rings (SSSR count). The summed E-state index contributed by atoms with van der Waals surface area (Å²) < 4.78 is 6.50. The van der Waals surface area contributed by atoms with Crippen LogP contribution in [0.25, 0.3) is 0 Å². The predicted octanol–water partition coefficient (Wildman–Crippen LogP) is 0.101. The van der Waals surface area contributed by atoms with Crippen LogP contribution < -0.4 is 5.32 Å². The van der Waals surface area contributed by atoms with Crippen molar-refractivity contribution in [2.45, 2.75) is 77.2 Å². The highest BCUT2D eigenvalue weighted by molar-refractivity contribution is 5.90. The van der Waals surface area contributed by atoms with Crippen LogP contribution in [0, 0.1) is 5.41 Å². The smallest absolute Gasteiger partial charge is 0.323 e. The number of carbonyl (C=O) groups excluding carboxylic acids is 3. The van der Waals surface area contributed by atoms with E-state index in [0.717, 1.165) is 25.8 Å². The third-order valence-corrected chi connectivity index (χ3v) is 6.44. The van der Waals surface area contributed by atoms with Crippen LogP contribution in [0.3, 0.4) is 0 Å². The Bertz CT molecular complexity index is 866. The van der Waals surface area contributed by atoms with Gasteiger partial charge in [-0.15, -0.1) is 5.10 Å². The molecule has 11 heteroatoms. The number of nitrogens with one attached hydrogen (secondary N) is 1. The van der Waals surface area contributed by atoms with Crippen LogP contribution >= 0.6 is 0 Å². The molecule has 4 atom stereocenters. The summed E-state index contributed by atoms with van der Waals surface area (Å²) in [6, 6.07) is -1.75. The molecule has 2 aliphatic rings. The van der Waals surface area contributed by atoms with Gasteiger partial charge in [-0.25, -0.2) is 4.68 Å². The van der Waals surface area contributed by atoms with Crippen LogP contribution in [0.1, 0.15) is 58.2 Å². The predicted molar refractivity (Wildman–Crippen MR) is 119 cm³/mol. The summed E-state index contributed by atoms with van der Waals surface area (Å²) in [5.74, 6) is -0.835. The van der Waals surface area contributed by atoms with Crippen molar-refractivity contribution in [3.63, 3.8) is 0 Å².